The fourth-order valence-corrected chi connectivity index (χ4v) is 4.73. The molecule has 5 aromatic rings. The van der Waals surface area contributed by atoms with Crippen molar-refractivity contribution in [1.29, 1.82) is 0 Å². The molecule has 3 aromatic heterocycles. The van der Waals surface area contributed by atoms with Gasteiger partial charge >= 0.3 is 0 Å². The Bertz CT molecular complexity index is 1490. The maximum atomic E-state index is 4.82. The van der Waals surface area contributed by atoms with E-state index in [0.717, 1.165) is 69.0 Å². The molecule has 1 fully saturated rings. The van der Waals surface area contributed by atoms with Crippen molar-refractivity contribution in [3.8, 4) is 11.3 Å². The third-order valence-corrected chi connectivity index (χ3v) is 6.59. The highest BCUT2D eigenvalue weighted by atomic mass is 15.1. The first-order valence-electron chi connectivity index (χ1n) is 11.4. The number of nitrogens with zero attached hydrogens (tertiary/aromatic N) is 4. The van der Waals surface area contributed by atoms with Crippen molar-refractivity contribution < 1.29 is 0 Å². The lowest BCUT2D eigenvalue weighted by molar-refractivity contribution is 0.659. The Morgan fingerprint density at radius 2 is 2.00 bits per heavy atom. The number of hydrogen-bond donors (Lipinski definition) is 1. The number of nitrogens with one attached hydrogen (secondary N) is 1. The summed E-state index contributed by atoms with van der Waals surface area (Å²) in [7, 11) is 0. The monoisotopic (exact) mass is 431 g/mol. The van der Waals surface area contributed by atoms with Crippen LogP contribution in [0, 0.1) is 5.92 Å². The van der Waals surface area contributed by atoms with Crippen LogP contribution in [-0.2, 0) is 0 Å². The fourth-order valence-electron chi connectivity index (χ4n) is 4.73. The van der Waals surface area contributed by atoms with Crippen molar-refractivity contribution in [2.75, 3.05) is 18.0 Å². The molecular formula is C28H25N5. The second kappa shape index (κ2) is 7.85. The van der Waals surface area contributed by atoms with Crippen LogP contribution in [0.2, 0.25) is 0 Å². The average Bonchev–Trinajstić information content (AvgIpc) is 3.49. The van der Waals surface area contributed by atoms with Crippen molar-refractivity contribution in [2.45, 2.75) is 13.3 Å². The highest BCUT2D eigenvalue weighted by Gasteiger charge is 2.19. The van der Waals surface area contributed by atoms with E-state index in [0.29, 0.717) is 0 Å². The standard InChI is InChI=1S/C28H25N5/c1-18-10-12-33(17-18)22-7-8-25-27(14-22)32-28(31-25)19(2)20-9-11-30-26(13-20)24-16-29-15-21-5-3-4-6-23(21)24/h3-9,11,13-16,18H,2,10,12,17H2,1H3,(H,31,32). The van der Waals surface area contributed by atoms with Crippen LogP contribution < -0.4 is 4.90 Å². The van der Waals surface area contributed by atoms with Gasteiger partial charge in [0.1, 0.15) is 5.82 Å². The van der Waals surface area contributed by atoms with E-state index in [4.69, 9.17) is 4.98 Å². The molecule has 1 N–H and O–H groups in total. The summed E-state index contributed by atoms with van der Waals surface area (Å²) in [6.45, 7) is 8.89. The molecule has 1 unspecified atom stereocenters. The van der Waals surface area contributed by atoms with Gasteiger partial charge in [0.15, 0.2) is 0 Å². The molecule has 33 heavy (non-hydrogen) atoms. The van der Waals surface area contributed by atoms with E-state index < -0.39 is 0 Å². The van der Waals surface area contributed by atoms with Gasteiger partial charge in [-0.15, -0.1) is 0 Å². The maximum Gasteiger partial charge on any atom is 0.138 e. The van der Waals surface area contributed by atoms with Crippen molar-refractivity contribution in [2.24, 2.45) is 5.92 Å². The summed E-state index contributed by atoms with van der Waals surface area (Å²) >= 11 is 0. The molecule has 0 saturated carbocycles. The predicted octanol–water partition coefficient (Wildman–Crippen LogP) is 6.08. The van der Waals surface area contributed by atoms with E-state index >= 15 is 0 Å². The van der Waals surface area contributed by atoms with Gasteiger partial charge in [0.25, 0.3) is 0 Å². The first kappa shape index (κ1) is 19.7. The van der Waals surface area contributed by atoms with Gasteiger partial charge in [0, 0.05) is 53.9 Å². The Hall–Kier alpha value is -3.99. The van der Waals surface area contributed by atoms with E-state index in [1.807, 2.05) is 36.8 Å². The van der Waals surface area contributed by atoms with Crippen molar-refractivity contribution in [3.63, 3.8) is 0 Å². The number of aromatic nitrogens is 4. The first-order chi connectivity index (χ1) is 16.2. The van der Waals surface area contributed by atoms with E-state index in [9.17, 15) is 0 Å². The third-order valence-electron chi connectivity index (χ3n) is 6.59. The topological polar surface area (TPSA) is 57.7 Å². The van der Waals surface area contributed by atoms with Gasteiger partial charge in [-0.3, -0.25) is 9.97 Å². The molecule has 0 aliphatic carbocycles. The van der Waals surface area contributed by atoms with E-state index in [1.165, 1.54) is 12.1 Å². The number of hydrogen-bond acceptors (Lipinski definition) is 4. The molecular weight excluding hydrogens is 406 g/mol. The minimum Gasteiger partial charge on any atom is -0.371 e. The number of pyridine rings is 2. The third kappa shape index (κ3) is 3.55. The van der Waals surface area contributed by atoms with E-state index in [1.54, 1.807) is 0 Å². The van der Waals surface area contributed by atoms with Crippen LogP contribution in [0.15, 0.2) is 79.8 Å². The van der Waals surface area contributed by atoms with Crippen LogP contribution in [0.5, 0.6) is 0 Å². The van der Waals surface area contributed by atoms with Crippen LogP contribution >= 0.6 is 0 Å². The summed E-state index contributed by atoms with van der Waals surface area (Å²) < 4.78 is 0. The fraction of sp³-hybridized carbons (Fsp3) is 0.179. The number of fused-ring (bicyclic) bond motifs is 2. The van der Waals surface area contributed by atoms with Gasteiger partial charge in [0.2, 0.25) is 0 Å². The van der Waals surface area contributed by atoms with Crippen LogP contribution in [0.1, 0.15) is 24.7 Å². The van der Waals surface area contributed by atoms with Crippen molar-refractivity contribution in [1.82, 2.24) is 19.9 Å². The van der Waals surface area contributed by atoms with Crippen LogP contribution in [0.25, 0.3) is 38.6 Å². The number of anilines is 1. The predicted molar refractivity (Wildman–Crippen MR) is 135 cm³/mol. The van der Waals surface area contributed by atoms with Gasteiger partial charge in [-0.05, 0) is 53.6 Å². The number of aromatic amines is 1. The van der Waals surface area contributed by atoms with Crippen LogP contribution in [-0.4, -0.2) is 33.0 Å². The highest BCUT2D eigenvalue weighted by molar-refractivity contribution is 5.95. The zero-order valence-corrected chi connectivity index (χ0v) is 18.6. The largest absolute Gasteiger partial charge is 0.371 e. The summed E-state index contributed by atoms with van der Waals surface area (Å²) in [5.74, 6) is 1.53. The van der Waals surface area contributed by atoms with Gasteiger partial charge in [-0.25, -0.2) is 4.98 Å². The highest BCUT2D eigenvalue weighted by Crippen LogP contribution is 2.31. The summed E-state index contributed by atoms with van der Waals surface area (Å²) in [6.07, 6.45) is 6.83. The molecule has 5 heteroatoms. The molecule has 0 radical (unpaired) electrons. The first-order valence-corrected chi connectivity index (χ1v) is 11.4. The normalized spacial score (nSPS) is 16.0. The molecule has 6 rings (SSSR count). The molecule has 5 nitrogen and oxygen atoms in total. The van der Waals surface area contributed by atoms with Gasteiger partial charge in [-0.2, -0.15) is 0 Å². The van der Waals surface area contributed by atoms with Gasteiger partial charge in [0.05, 0.1) is 16.7 Å². The number of H-pyrrole nitrogens is 1. The summed E-state index contributed by atoms with van der Waals surface area (Å²) in [5, 5.41) is 2.23. The van der Waals surface area contributed by atoms with Crippen molar-refractivity contribution >= 4 is 33.1 Å². The molecule has 2 aromatic carbocycles. The maximum absolute atomic E-state index is 4.82. The molecule has 1 saturated heterocycles. The van der Waals surface area contributed by atoms with Crippen LogP contribution in [0.4, 0.5) is 5.69 Å². The smallest absolute Gasteiger partial charge is 0.138 e. The Kier molecular flexibility index (Phi) is 4.68. The molecule has 4 heterocycles. The lowest BCUT2D eigenvalue weighted by Crippen LogP contribution is -2.18. The molecule has 0 amide bonds. The second-order valence-electron chi connectivity index (χ2n) is 8.94. The zero-order valence-electron chi connectivity index (χ0n) is 18.6. The Labute approximate surface area is 192 Å². The van der Waals surface area contributed by atoms with Gasteiger partial charge in [-0.1, -0.05) is 37.8 Å². The molecule has 0 spiro atoms. The Morgan fingerprint density at radius 1 is 1.09 bits per heavy atom. The minimum atomic E-state index is 0.746. The lowest BCUT2D eigenvalue weighted by Gasteiger charge is -2.17. The molecule has 1 atom stereocenters. The van der Waals surface area contributed by atoms with Crippen molar-refractivity contribution in [3.05, 3.63) is 91.2 Å². The Balaban J connectivity index is 1.34. The summed E-state index contributed by atoms with van der Waals surface area (Å²) in [4.78, 5) is 19.8. The minimum absolute atomic E-state index is 0.746. The average molecular weight is 432 g/mol. The van der Waals surface area contributed by atoms with E-state index in [-0.39, 0.29) is 0 Å². The quantitative estimate of drug-likeness (QED) is 0.375. The number of rotatable bonds is 4. The Morgan fingerprint density at radius 3 is 2.88 bits per heavy atom. The van der Waals surface area contributed by atoms with Gasteiger partial charge < -0.3 is 9.88 Å². The summed E-state index contributed by atoms with van der Waals surface area (Å²) in [5.41, 5.74) is 6.96. The number of benzene rings is 2. The van der Waals surface area contributed by atoms with Crippen LogP contribution in [0.3, 0.4) is 0 Å². The number of imidazole rings is 1. The zero-order chi connectivity index (χ0) is 22.4. The SMILES string of the molecule is C=C(c1ccnc(-c2cncc3ccccc23)c1)c1nc2ccc(N3CCC(C)C3)cc2[nH]1. The molecule has 1 aliphatic heterocycles. The van der Waals surface area contributed by atoms with E-state index in [2.05, 4.69) is 69.8 Å². The molecule has 1 aliphatic rings. The summed E-state index contributed by atoms with van der Waals surface area (Å²) in [6, 6.07) is 18.8. The molecule has 0 bridgehead atoms. The lowest BCUT2D eigenvalue weighted by atomic mass is 10.0. The second-order valence-corrected chi connectivity index (χ2v) is 8.94. The molecule has 162 valence electrons.